The third-order valence-electron chi connectivity index (χ3n) is 10.9. The first-order valence-corrected chi connectivity index (χ1v) is 21.3. The van der Waals surface area contributed by atoms with E-state index in [9.17, 15) is 40.0 Å². The molecule has 2 aliphatic carbocycles. The second kappa shape index (κ2) is 15.2. The first-order valence-electron chi connectivity index (χ1n) is 19.0. The van der Waals surface area contributed by atoms with Crippen LogP contribution in [0.3, 0.4) is 0 Å². The SMILES string of the molecule is Cn1nc(NS(C)(=O)=O)c2c(Cl)ccc(-n3c([C@H](Cc4cc(F)cc(F)c4)NC(=O)Cn4nc(C(F)F)c5c4C(F)(F)[C@@H]4C[C@H]54)nc4nc(-c5cnn(CCF)c5)ccc4c3=O)c21. The fraction of sp³-hybridized carbons (Fsp3) is 0.308. The van der Waals surface area contributed by atoms with Crippen molar-refractivity contribution in [2.75, 3.05) is 17.7 Å². The fourth-order valence-corrected chi connectivity index (χ4v) is 9.06. The Morgan fingerprint density at radius 2 is 1.81 bits per heavy atom. The van der Waals surface area contributed by atoms with Crippen LogP contribution in [0.4, 0.5) is 36.6 Å². The molecule has 2 N–H and O–H groups in total. The van der Waals surface area contributed by atoms with E-state index in [1.165, 1.54) is 53.1 Å². The molecule has 15 nitrogen and oxygen atoms in total. The first-order chi connectivity index (χ1) is 29.8. The zero-order valence-corrected chi connectivity index (χ0v) is 34.2. The molecule has 24 heteroatoms. The Morgan fingerprint density at radius 1 is 1.06 bits per heavy atom. The van der Waals surface area contributed by atoms with Crippen molar-refractivity contribution in [3.8, 4) is 16.9 Å². The summed E-state index contributed by atoms with van der Waals surface area (Å²) in [5, 5.41) is 14.7. The van der Waals surface area contributed by atoms with E-state index in [2.05, 4.69) is 30.3 Å². The van der Waals surface area contributed by atoms with Crippen molar-refractivity contribution in [3.63, 3.8) is 0 Å². The maximum absolute atomic E-state index is 15.5. The molecule has 2 aromatic carbocycles. The molecule has 5 aromatic heterocycles. The van der Waals surface area contributed by atoms with Crippen LogP contribution in [0.15, 0.2) is 59.7 Å². The Labute approximate surface area is 355 Å². The van der Waals surface area contributed by atoms with Gasteiger partial charge in [0.1, 0.15) is 42.1 Å². The zero-order valence-electron chi connectivity index (χ0n) is 32.6. The molecule has 328 valence electrons. The van der Waals surface area contributed by atoms with E-state index in [1.807, 2.05) is 0 Å². The van der Waals surface area contributed by atoms with Gasteiger partial charge in [0.25, 0.3) is 17.9 Å². The molecule has 1 fully saturated rings. The number of pyridine rings is 1. The molecule has 0 aliphatic heterocycles. The molecular formula is C39H31ClF7N11O4S. The molecule has 63 heavy (non-hydrogen) atoms. The van der Waals surface area contributed by atoms with Gasteiger partial charge in [0.2, 0.25) is 15.9 Å². The molecule has 0 spiro atoms. The molecule has 7 aromatic rings. The molecule has 0 saturated heterocycles. The smallest absolute Gasteiger partial charge is 0.293 e. The number of aromatic nitrogens is 9. The van der Waals surface area contributed by atoms with Gasteiger partial charge in [-0.3, -0.25) is 32.9 Å². The van der Waals surface area contributed by atoms with Crippen molar-refractivity contribution >= 4 is 55.3 Å². The first kappa shape index (κ1) is 42.0. The van der Waals surface area contributed by atoms with E-state index in [0.717, 1.165) is 23.0 Å². The predicted molar refractivity (Wildman–Crippen MR) is 213 cm³/mol. The van der Waals surface area contributed by atoms with Crippen LogP contribution in [0.2, 0.25) is 5.02 Å². The Balaban J connectivity index is 1.25. The lowest BCUT2D eigenvalue weighted by molar-refractivity contribution is -0.123. The number of rotatable bonds is 13. The van der Waals surface area contributed by atoms with Crippen LogP contribution in [0.25, 0.3) is 38.9 Å². The highest BCUT2D eigenvalue weighted by Gasteiger charge is 2.67. The van der Waals surface area contributed by atoms with Gasteiger partial charge < -0.3 is 5.32 Å². The third-order valence-corrected chi connectivity index (χ3v) is 11.8. The van der Waals surface area contributed by atoms with Crippen LogP contribution in [0.1, 0.15) is 53.1 Å². The number of sulfonamides is 1. The van der Waals surface area contributed by atoms with E-state index in [0.29, 0.717) is 16.3 Å². The third kappa shape index (κ3) is 7.44. The molecule has 0 radical (unpaired) electrons. The predicted octanol–water partition coefficient (Wildman–Crippen LogP) is 6.25. The number of hydrogen-bond acceptors (Lipinski definition) is 9. The fourth-order valence-electron chi connectivity index (χ4n) is 8.33. The summed E-state index contributed by atoms with van der Waals surface area (Å²) in [5.41, 5.74) is -2.46. The molecule has 2 aliphatic rings. The summed E-state index contributed by atoms with van der Waals surface area (Å²) >= 11 is 6.61. The second-order valence-corrected chi connectivity index (χ2v) is 17.4. The minimum Gasteiger partial charge on any atom is -0.344 e. The molecule has 9 rings (SSSR count). The van der Waals surface area contributed by atoms with Crippen LogP contribution < -0.4 is 15.6 Å². The Hall–Kier alpha value is -6.36. The van der Waals surface area contributed by atoms with Crippen LogP contribution in [-0.2, 0) is 47.3 Å². The van der Waals surface area contributed by atoms with Crippen molar-refractivity contribution in [3.05, 3.63) is 110 Å². The number of carbonyl (C=O) groups is 1. The minimum absolute atomic E-state index is 0.000381. The average molecular weight is 918 g/mol. The number of amides is 1. The van der Waals surface area contributed by atoms with Gasteiger partial charge in [-0.15, -0.1) is 0 Å². The number of benzene rings is 2. The molecule has 0 bridgehead atoms. The molecule has 1 amide bonds. The number of carbonyl (C=O) groups excluding carboxylic acids is 1. The van der Waals surface area contributed by atoms with Gasteiger partial charge in [-0.2, -0.15) is 24.1 Å². The Bertz CT molecular complexity index is 3190. The van der Waals surface area contributed by atoms with E-state index < -0.39 is 94.4 Å². The number of anilines is 1. The summed E-state index contributed by atoms with van der Waals surface area (Å²) < 4.78 is 133. The van der Waals surface area contributed by atoms with Crippen molar-refractivity contribution in [1.82, 2.24) is 49.2 Å². The summed E-state index contributed by atoms with van der Waals surface area (Å²) in [4.78, 5) is 38.4. The normalized spacial score (nSPS) is 17.1. The van der Waals surface area contributed by atoms with E-state index >= 15 is 8.78 Å². The molecule has 5 heterocycles. The maximum atomic E-state index is 15.5. The highest BCUT2D eigenvalue weighted by Crippen LogP contribution is 2.68. The van der Waals surface area contributed by atoms with Gasteiger partial charge in [-0.05, 0) is 54.3 Å². The summed E-state index contributed by atoms with van der Waals surface area (Å²) in [5.74, 6) is -9.32. The van der Waals surface area contributed by atoms with Crippen LogP contribution in [0.5, 0.6) is 0 Å². The minimum atomic E-state index is -3.94. The Morgan fingerprint density at radius 3 is 2.51 bits per heavy atom. The topological polar surface area (TPSA) is 177 Å². The van der Waals surface area contributed by atoms with Gasteiger partial charge in [-0.1, -0.05) is 11.6 Å². The van der Waals surface area contributed by atoms with Crippen LogP contribution in [-0.4, -0.2) is 71.1 Å². The average Bonchev–Trinajstić information content (AvgIpc) is 3.41. The second-order valence-electron chi connectivity index (χ2n) is 15.3. The van der Waals surface area contributed by atoms with Gasteiger partial charge in [0.15, 0.2) is 11.5 Å². The van der Waals surface area contributed by atoms with Crippen molar-refractivity contribution in [2.24, 2.45) is 13.0 Å². The number of alkyl halides is 5. The molecule has 1 saturated carbocycles. The monoisotopic (exact) mass is 917 g/mol. The number of hydrogen-bond donors (Lipinski definition) is 2. The van der Waals surface area contributed by atoms with E-state index in [4.69, 9.17) is 16.6 Å². The number of halogens is 8. The highest BCUT2D eigenvalue weighted by molar-refractivity contribution is 7.92. The van der Waals surface area contributed by atoms with Gasteiger partial charge >= 0.3 is 0 Å². The number of nitrogens with one attached hydrogen (secondary N) is 2. The van der Waals surface area contributed by atoms with Gasteiger partial charge in [0.05, 0.1) is 57.7 Å². The largest absolute Gasteiger partial charge is 0.344 e. The van der Waals surface area contributed by atoms with Crippen molar-refractivity contribution in [2.45, 2.75) is 50.2 Å². The molecular weight excluding hydrogens is 887 g/mol. The molecule has 0 unspecified atom stereocenters. The maximum Gasteiger partial charge on any atom is 0.293 e. The standard InChI is InChI=1S/C39H31ClF7N11O4S/c1-55-32-27(6-4-24(40)30(32)36(53-55)54-63(2,61)62)58-37(51-35-21(38(58)60)3-5-25(50-35)18-14-48-56(15-18)8-7-41)26(11-17-9-19(42)12-20(43)10-17)49-28(59)16-57-33-29(31(52-57)34(44)45)22-13-23(22)39(33,46)47/h3-6,9-10,12,14-15,22-23,26,34H,7-8,11,13,16H2,1-2H3,(H,49,59)(H,53,54)/t22-,23+,26-/m0/s1. The van der Waals surface area contributed by atoms with Gasteiger partial charge in [0, 0.05) is 42.8 Å². The number of nitrogens with zero attached hydrogens (tertiary/aromatic N) is 9. The zero-order chi connectivity index (χ0) is 44.9. The number of aryl methyl sites for hydroxylation is 2. The van der Waals surface area contributed by atoms with Crippen LogP contribution in [0, 0.1) is 17.6 Å². The lowest BCUT2D eigenvalue weighted by Crippen LogP contribution is -2.38. The summed E-state index contributed by atoms with van der Waals surface area (Å²) in [6.45, 7) is -1.79. The lowest BCUT2D eigenvalue weighted by Gasteiger charge is -2.24. The quantitative estimate of drug-likeness (QED) is 0.127. The van der Waals surface area contributed by atoms with Gasteiger partial charge in [-0.25, -0.2) is 40.3 Å². The van der Waals surface area contributed by atoms with Crippen molar-refractivity contribution in [1.29, 1.82) is 0 Å². The Kier molecular flexibility index (Phi) is 10.1. The summed E-state index contributed by atoms with van der Waals surface area (Å²) in [7, 11) is -2.51. The highest BCUT2D eigenvalue weighted by atomic mass is 35.5. The molecule has 3 atom stereocenters. The van der Waals surface area contributed by atoms with E-state index in [-0.39, 0.29) is 74.1 Å². The summed E-state index contributed by atoms with van der Waals surface area (Å²) in [6, 6.07) is 6.49. The lowest BCUT2D eigenvalue weighted by atomic mass is 10.0. The summed E-state index contributed by atoms with van der Waals surface area (Å²) in [6.07, 6.45) is 0.0253. The number of fused-ring (bicyclic) bond motifs is 5. The van der Waals surface area contributed by atoms with Crippen LogP contribution >= 0.6 is 11.6 Å². The van der Waals surface area contributed by atoms with E-state index in [1.54, 1.807) is 0 Å². The van der Waals surface area contributed by atoms with Crippen molar-refractivity contribution < 1.29 is 43.9 Å².